The zero-order valence-corrected chi connectivity index (χ0v) is 16.0. The molecule has 0 unspecified atom stereocenters. The van der Waals surface area contributed by atoms with Gasteiger partial charge in [0, 0.05) is 29.5 Å². The quantitative estimate of drug-likeness (QED) is 0.877. The summed E-state index contributed by atoms with van der Waals surface area (Å²) in [5.41, 5.74) is 0.657. The number of rotatable bonds is 4. The minimum absolute atomic E-state index is 0.0433. The van der Waals surface area contributed by atoms with Gasteiger partial charge in [-0.1, -0.05) is 25.7 Å². The van der Waals surface area contributed by atoms with E-state index in [1.807, 2.05) is 6.08 Å². The average Bonchev–Trinajstić information content (AvgIpc) is 2.65. The first kappa shape index (κ1) is 19.0. The van der Waals surface area contributed by atoms with Gasteiger partial charge in [-0.2, -0.15) is 0 Å². The zero-order chi connectivity index (χ0) is 19.9. The van der Waals surface area contributed by atoms with E-state index in [1.165, 1.54) is 26.4 Å². The maximum absolute atomic E-state index is 13.3. The largest absolute Gasteiger partial charge is 0.507 e. The van der Waals surface area contributed by atoms with Crippen molar-refractivity contribution in [1.82, 2.24) is 0 Å². The van der Waals surface area contributed by atoms with Crippen LogP contribution in [-0.2, 0) is 9.59 Å². The Labute approximate surface area is 159 Å². The summed E-state index contributed by atoms with van der Waals surface area (Å²) in [6, 6.07) is 3.16. The third kappa shape index (κ3) is 2.69. The van der Waals surface area contributed by atoms with E-state index < -0.39 is 17.3 Å². The number of methoxy groups -OCH3 is 2. The van der Waals surface area contributed by atoms with E-state index in [9.17, 15) is 14.7 Å². The molecule has 2 aliphatic carbocycles. The van der Waals surface area contributed by atoms with Crippen LogP contribution in [0.5, 0.6) is 17.2 Å². The molecule has 5 nitrogen and oxygen atoms in total. The highest BCUT2D eigenvalue weighted by Crippen LogP contribution is 2.58. The molecule has 3 rings (SSSR count). The van der Waals surface area contributed by atoms with Crippen molar-refractivity contribution in [2.24, 2.45) is 11.3 Å². The molecule has 1 aromatic carbocycles. The Balaban J connectivity index is 2.32. The molecule has 5 heteroatoms. The minimum atomic E-state index is -1.03. The van der Waals surface area contributed by atoms with Crippen molar-refractivity contribution in [1.29, 1.82) is 0 Å². The van der Waals surface area contributed by atoms with Crippen molar-refractivity contribution in [2.75, 3.05) is 14.2 Å². The van der Waals surface area contributed by atoms with Crippen molar-refractivity contribution < 1.29 is 24.2 Å². The van der Waals surface area contributed by atoms with Crippen LogP contribution in [0.15, 0.2) is 48.1 Å². The Kier molecular flexibility index (Phi) is 4.72. The highest BCUT2D eigenvalue weighted by molar-refractivity contribution is 6.13. The molecule has 142 valence electrons. The van der Waals surface area contributed by atoms with Crippen LogP contribution in [0.2, 0.25) is 0 Å². The number of ether oxygens (including phenoxy) is 2. The Morgan fingerprint density at radius 3 is 2.56 bits per heavy atom. The number of hydrogen-bond donors (Lipinski definition) is 1. The summed E-state index contributed by atoms with van der Waals surface area (Å²) < 4.78 is 10.7. The third-order valence-electron chi connectivity index (χ3n) is 5.87. The topological polar surface area (TPSA) is 72.8 Å². The van der Waals surface area contributed by atoms with Crippen LogP contribution in [0.25, 0.3) is 0 Å². The standard InChI is InChI=1S/C22H24O5/c1-6-13-7-8-15-16(23)9-12(2)21(25)22(15,3)20(13)19-17(24)10-14(26-4)11-18(19)27-5/h6-7,9-11,15,20,24H,1,8H2,2-5H3/t15-,20+,22+/m0/s1. The van der Waals surface area contributed by atoms with Gasteiger partial charge in [-0.25, -0.2) is 0 Å². The van der Waals surface area contributed by atoms with E-state index in [4.69, 9.17) is 9.47 Å². The zero-order valence-electron chi connectivity index (χ0n) is 16.0. The fourth-order valence-electron chi connectivity index (χ4n) is 4.50. The number of ketones is 2. The number of allylic oxidation sites excluding steroid dienone is 5. The molecule has 0 spiro atoms. The first-order chi connectivity index (χ1) is 12.8. The lowest BCUT2D eigenvalue weighted by Crippen LogP contribution is -2.49. The number of fused-ring (bicyclic) bond motifs is 1. The lowest BCUT2D eigenvalue weighted by molar-refractivity contribution is -0.137. The van der Waals surface area contributed by atoms with Gasteiger partial charge in [0.2, 0.25) is 0 Å². The fraction of sp³-hybridized carbons (Fsp3) is 0.364. The SMILES string of the molecule is C=CC1=CC[C@H]2C(=O)C=C(C)C(=O)[C@@]2(C)[C@H]1c1c(O)cc(OC)cc1OC. The van der Waals surface area contributed by atoms with Crippen molar-refractivity contribution in [3.63, 3.8) is 0 Å². The van der Waals surface area contributed by atoms with E-state index >= 15 is 0 Å². The molecule has 0 saturated carbocycles. The molecule has 0 bridgehead atoms. The van der Waals surface area contributed by atoms with Crippen LogP contribution in [0, 0.1) is 11.3 Å². The summed E-state index contributed by atoms with van der Waals surface area (Å²) in [5, 5.41) is 10.8. The number of carbonyl (C=O) groups excluding carboxylic acids is 2. The van der Waals surface area contributed by atoms with Crippen LogP contribution in [0.3, 0.4) is 0 Å². The second-order valence-electron chi connectivity index (χ2n) is 7.23. The van der Waals surface area contributed by atoms with Crippen LogP contribution in [0.4, 0.5) is 0 Å². The van der Waals surface area contributed by atoms with Gasteiger partial charge in [0.15, 0.2) is 11.6 Å². The number of aromatic hydroxyl groups is 1. The number of carbonyl (C=O) groups is 2. The van der Waals surface area contributed by atoms with E-state index in [1.54, 1.807) is 26.0 Å². The van der Waals surface area contributed by atoms with Gasteiger partial charge >= 0.3 is 0 Å². The second-order valence-corrected chi connectivity index (χ2v) is 7.23. The minimum Gasteiger partial charge on any atom is -0.507 e. The maximum Gasteiger partial charge on any atom is 0.166 e. The normalized spacial score (nSPS) is 27.4. The molecule has 0 aliphatic heterocycles. The van der Waals surface area contributed by atoms with Gasteiger partial charge in [0.1, 0.15) is 17.2 Å². The fourth-order valence-corrected chi connectivity index (χ4v) is 4.50. The summed E-state index contributed by atoms with van der Waals surface area (Å²) in [5.74, 6) is -0.412. The molecule has 3 atom stereocenters. The predicted molar refractivity (Wildman–Crippen MR) is 102 cm³/mol. The Morgan fingerprint density at radius 2 is 1.96 bits per heavy atom. The second kappa shape index (κ2) is 6.72. The first-order valence-electron chi connectivity index (χ1n) is 8.83. The van der Waals surface area contributed by atoms with Gasteiger partial charge in [-0.15, -0.1) is 0 Å². The number of phenolic OH excluding ortho intramolecular Hbond substituents is 1. The van der Waals surface area contributed by atoms with Crippen molar-refractivity contribution in [3.05, 3.63) is 53.6 Å². The van der Waals surface area contributed by atoms with Gasteiger partial charge in [-0.3, -0.25) is 9.59 Å². The van der Waals surface area contributed by atoms with E-state index in [2.05, 4.69) is 6.58 Å². The van der Waals surface area contributed by atoms with Crippen LogP contribution in [-0.4, -0.2) is 30.9 Å². The molecule has 27 heavy (non-hydrogen) atoms. The number of Topliss-reactive ketones (excluding diaryl/α,β-unsaturated/α-hetero) is 1. The van der Waals surface area contributed by atoms with Gasteiger partial charge in [0.25, 0.3) is 0 Å². The van der Waals surface area contributed by atoms with Crippen molar-refractivity contribution in [3.8, 4) is 17.2 Å². The number of phenols is 1. The monoisotopic (exact) mass is 368 g/mol. The highest BCUT2D eigenvalue weighted by Gasteiger charge is 2.56. The van der Waals surface area contributed by atoms with E-state index in [0.29, 0.717) is 29.1 Å². The Bertz CT molecular complexity index is 892. The molecule has 0 saturated heterocycles. The molecule has 0 aromatic heterocycles. The Morgan fingerprint density at radius 1 is 1.26 bits per heavy atom. The smallest absolute Gasteiger partial charge is 0.166 e. The Hall–Kier alpha value is -2.82. The molecule has 0 amide bonds. The van der Waals surface area contributed by atoms with E-state index in [-0.39, 0.29) is 17.3 Å². The molecule has 2 aliphatic rings. The molecular formula is C22H24O5. The summed E-state index contributed by atoms with van der Waals surface area (Å²) in [7, 11) is 3.00. The van der Waals surface area contributed by atoms with Crippen LogP contribution >= 0.6 is 0 Å². The number of hydrogen-bond acceptors (Lipinski definition) is 5. The maximum atomic E-state index is 13.3. The lowest BCUT2D eigenvalue weighted by Gasteiger charge is -2.47. The van der Waals surface area contributed by atoms with E-state index in [0.717, 1.165) is 5.57 Å². The van der Waals surface area contributed by atoms with Gasteiger partial charge < -0.3 is 14.6 Å². The molecule has 0 heterocycles. The van der Waals surface area contributed by atoms with Gasteiger partial charge in [-0.05, 0) is 30.6 Å². The average molecular weight is 368 g/mol. The predicted octanol–water partition coefficient (Wildman–Crippen LogP) is 3.73. The summed E-state index contributed by atoms with van der Waals surface area (Å²) in [4.78, 5) is 26.0. The van der Waals surface area contributed by atoms with Crippen molar-refractivity contribution >= 4 is 11.6 Å². The first-order valence-corrected chi connectivity index (χ1v) is 8.83. The summed E-state index contributed by atoms with van der Waals surface area (Å²) >= 11 is 0. The van der Waals surface area contributed by atoms with Crippen molar-refractivity contribution in [2.45, 2.75) is 26.2 Å². The van der Waals surface area contributed by atoms with Gasteiger partial charge in [0.05, 0.1) is 19.6 Å². The molecule has 0 radical (unpaired) electrons. The summed E-state index contributed by atoms with van der Waals surface area (Å²) in [6.45, 7) is 7.35. The number of benzene rings is 1. The highest BCUT2D eigenvalue weighted by atomic mass is 16.5. The molecule has 0 fully saturated rings. The molecule has 1 aromatic rings. The van der Waals surface area contributed by atoms with Crippen LogP contribution < -0.4 is 9.47 Å². The molecule has 1 N–H and O–H groups in total. The lowest BCUT2D eigenvalue weighted by atomic mass is 9.53. The molecular weight excluding hydrogens is 344 g/mol. The van der Waals surface area contributed by atoms with Crippen LogP contribution in [0.1, 0.15) is 31.7 Å². The third-order valence-corrected chi connectivity index (χ3v) is 5.87. The summed E-state index contributed by atoms with van der Waals surface area (Å²) in [6.07, 6.45) is 5.50.